The van der Waals surface area contributed by atoms with Gasteiger partial charge in [0.1, 0.15) is 0 Å². The van der Waals surface area contributed by atoms with Crippen molar-refractivity contribution in [2.24, 2.45) is 5.92 Å². The summed E-state index contributed by atoms with van der Waals surface area (Å²) < 4.78 is 2.26. The first-order valence-corrected chi connectivity index (χ1v) is 6.71. The van der Waals surface area contributed by atoms with E-state index in [9.17, 15) is 5.11 Å². The van der Waals surface area contributed by atoms with Crippen molar-refractivity contribution in [1.82, 2.24) is 0 Å². The van der Waals surface area contributed by atoms with Gasteiger partial charge in [0.25, 0.3) is 0 Å². The molecule has 2 aromatic rings. The Hall–Kier alpha value is -1.93. The van der Waals surface area contributed by atoms with E-state index in [0.29, 0.717) is 0 Å². The van der Waals surface area contributed by atoms with Gasteiger partial charge in [-0.05, 0) is 6.42 Å². The van der Waals surface area contributed by atoms with Crippen LogP contribution >= 0.6 is 0 Å². The Labute approximate surface area is 113 Å². The average molecular weight is 252 g/mol. The fourth-order valence-electron chi connectivity index (χ4n) is 2.66. The van der Waals surface area contributed by atoms with Crippen molar-refractivity contribution in [1.29, 1.82) is 0 Å². The summed E-state index contributed by atoms with van der Waals surface area (Å²) in [6.07, 6.45) is 3.09. The lowest BCUT2D eigenvalue weighted by Crippen LogP contribution is -2.24. The molecule has 0 aliphatic carbocycles. The highest BCUT2D eigenvalue weighted by molar-refractivity contribution is 5.62. The number of hydrogen-bond donors (Lipinski definition) is 1. The number of rotatable bonds is 3. The number of aliphatic hydroxyl groups is 1. The minimum atomic E-state index is 0.208. The second-order valence-corrected chi connectivity index (χ2v) is 5.04. The molecule has 1 atom stereocenters. The van der Waals surface area contributed by atoms with Crippen LogP contribution in [0.2, 0.25) is 0 Å². The molecular weight excluding hydrogens is 234 g/mol. The van der Waals surface area contributed by atoms with Crippen LogP contribution in [-0.4, -0.2) is 22.5 Å². The molecule has 0 saturated carbocycles. The van der Waals surface area contributed by atoms with E-state index in [-0.39, 0.29) is 12.5 Å². The fraction of sp³-hybridized carbons (Fsp3) is 0.235. The molecule has 0 amide bonds. The molecule has 0 saturated heterocycles. The van der Waals surface area contributed by atoms with E-state index in [1.165, 1.54) is 16.8 Å². The van der Waals surface area contributed by atoms with Gasteiger partial charge >= 0.3 is 0 Å². The van der Waals surface area contributed by atoms with Crippen molar-refractivity contribution in [3.05, 3.63) is 65.7 Å². The van der Waals surface area contributed by atoms with Gasteiger partial charge in [-0.3, -0.25) is 0 Å². The van der Waals surface area contributed by atoms with Crippen LogP contribution in [0, 0.1) is 5.92 Å². The van der Waals surface area contributed by atoms with Crippen molar-refractivity contribution in [3.8, 4) is 0 Å². The third kappa shape index (κ3) is 2.59. The number of fused-ring (bicyclic) bond motifs is 1. The van der Waals surface area contributed by atoms with E-state index in [1.54, 1.807) is 0 Å². The predicted octanol–water partition coefficient (Wildman–Crippen LogP) is 2.77. The largest absolute Gasteiger partial charge is 0.396 e. The van der Waals surface area contributed by atoms with Crippen molar-refractivity contribution in [2.75, 3.05) is 6.61 Å². The Morgan fingerprint density at radius 2 is 1.74 bits per heavy atom. The van der Waals surface area contributed by atoms with Crippen LogP contribution in [0.3, 0.4) is 0 Å². The standard InChI is InChI=1S/C17H18NO/c19-13-15-10-16-8-4-5-9-17(16)18(12-15)11-14-6-2-1-3-7-14/h1-9,12,15,19H,10-11,13H2/q+1. The van der Waals surface area contributed by atoms with Crippen molar-refractivity contribution < 1.29 is 9.68 Å². The molecule has 3 rings (SSSR count). The minimum absolute atomic E-state index is 0.208. The minimum Gasteiger partial charge on any atom is -0.396 e. The molecule has 1 N–H and O–H groups in total. The molecule has 1 heterocycles. The van der Waals surface area contributed by atoms with Crippen molar-refractivity contribution >= 4 is 11.9 Å². The van der Waals surface area contributed by atoms with Crippen LogP contribution < -0.4 is 0 Å². The fourth-order valence-corrected chi connectivity index (χ4v) is 2.66. The summed E-state index contributed by atoms with van der Waals surface area (Å²) in [5.74, 6) is 0.221. The molecule has 0 bridgehead atoms. The zero-order valence-electron chi connectivity index (χ0n) is 10.9. The molecule has 1 aliphatic rings. The first-order valence-electron chi connectivity index (χ1n) is 6.71. The Morgan fingerprint density at radius 3 is 2.53 bits per heavy atom. The van der Waals surface area contributed by atoms with E-state index in [0.717, 1.165) is 13.0 Å². The lowest BCUT2D eigenvalue weighted by molar-refractivity contribution is -0.458. The van der Waals surface area contributed by atoms with Gasteiger partial charge in [0.2, 0.25) is 5.69 Å². The van der Waals surface area contributed by atoms with Gasteiger partial charge in [-0.1, -0.05) is 48.5 Å². The Bertz CT molecular complexity index is 589. The van der Waals surface area contributed by atoms with Gasteiger partial charge in [0.05, 0.1) is 12.5 Å². The number of nitrogens with zero attached hydrogens (tertiary/aromatic N) is 1. The first-order chi connectivity index (χ1) is 9.36. The molecule has 0 radical (unpaired) electrons. The molecular formula is C17H18NO+. The van der Waals surface area contributed by atoms with Gasteiger partial charge in [0.15, 0.2) is 12.8 Å². The van der Waals surface area contributed by atoms with E-state index in [1.807, 2.05) is 6.07 Å². The third-order valence-electron chi connectivity index (χ3n) is 3.60. The summed E-state index contributed by atoms with van der Waals surface area (Å²) >= 11 is 0. The van der Waals surface area contributed by atoms with Crippen LogP contribution in [0.1, 0.15) is 11.1 Å². The summed E-state index contributed by atoms with van der Waals surface area (Å²) in [4.78, 5) is 0. The molecule has 96 valence electrons. The van der Waals surface area contributed by atoms with E-state index < -0.39 is 0 Å². The summed E-state index contributed by atoms with van der Waals surface area (Å²) in [5.41, 5.74) is 3.86. The van der Waals surface area contributed by atoms with Crippen LogP contribution in [0.4, 0.5) is 5.69 Å². The molecule has 2 heteroatoms. The lowest BCUT2D eigenvalue weighted by atomic mass is 9.96. The Kier molecular flexibility index (Phi) is 3.43. The maximum absolute atomic E-state index is 9.44. The first kappa shape index (κ1) is 12.1. The third-order valence-corrected chi connectivity index (χ3v) is 3.60. The molecule has 1 unspecified atom stereocenters. The second kappa shape index (κ2) is 5.37. The lowest BCUT2D eigenvalue weighted by Gasteiger charge is -2.17. The van der Waals surface area contributed by atoms with Crippen LogP contribution in [0.15, 0.2) is 54.6 Å². The van der Waals surface area contributed by atoms with Gasteiger partial charge in [0, 0.05) is 17.2 Å². The van der Waals surface area contributed by atoms with Crippen molar-refractivity contribution in [2.45, 2.75) is 13.0 Å². The zero-order valence-corrected chi connectivity index (χ0v) is 10.9. The monoisotopic (exact) mass is 252 g/mol. The number of hydrogen-bond acceptors (Lipinski definition) is 1. The molecule has 0 spiro atoms. The van der Waals surface area contributed by atoms with Gasteiger partial charge < -0.3 is 5.11 Å². The predicted molar refractivity (Wildman–Crippen MR) is 76.9 cm³/mol. The Balaban J connectivity index is 1.95. The van der Waals surface area contributed by atoms with Crippen LogP contribution in [-0.2, 0) is 13.0 Å². The van der Waals surface area contributed by atoms with Crippen molar-refractivity contribution in [3.63, 3.8) is 0 Å². The molecule has 0 fully saturated rings. The van der Waals surface area contributed by atoms with Gasteiger partial charge in [-0.25, -0.2) is 0 Å². The summed E-state index contributed by atoms with van der Waals surface area (Å²) in [7, 11) is 0. The number of para-hydroxylation sites is 1. The maximum atomic E-state index is 9.44. The zero-order chi connectivity index (χ0) is 13.1. The summed E-state index contributed by atoms with van der Waals surface area (Å²) in [6, 6.07) is 18.9. The Morgan fingerprint density at radius 1 is 1.00 bits per heavy atom. The average Bonchev–Trinajstić information content (AvgIpc) is 2.48. The highest BCUT2D eigenvalue weighted by Crippen LogP contribution is 2.26. The summed E-state index contributed by atoms with van der Waals surface area (Å²) in [6.45, 7) is 1.06. The van der Waals surface area contributed by atoms with E-state index >= 15 is 0 Å². The number of aliphatic hydroxyl groups excluding tert-OH is 1. The SMILES string of the molecule is OCC1C=[N+](Cc2ccccc2)c2ccccc2C1. The second-order valence-electron chi connectivity index (χ2n) is 5.04. The van der Waals surface area contributed by atoms with Gasteiger partial charge in [-0.15, -0.1) is 0 Å². The molecule has 2 nitrogen and oxygen atoms in total. The van der Waals surface area contributed by atoms with E-state index in [2.05, 4.69) is 59.3 Å². The molecule has 1 aliphatic heterocycles. The highest BCUT2D eigenvalue weighted by Gasteiger charge is 2.25. The van der Waals surface area contributed by atoms with E-state index in [4.69, 9.17) is 0 Å². The molecule has 0 aromatic heterocycles. The normalized spacial score (nSPS) is 17.7. The number of benzene rings is 2. The van der Waals surface area contributed by atoms with Crippen LogP contribution in [0.25, 0.3) is 0 Å². The molecule has 19 heavy (non-hydrogen) atoms. The topological polar surface area (TPSA) is 23.2 Å². The maximum Gasteiger partial charge on any atom is 0.208 e. The molecule has 2 aromatic carbocycles. The quantitative estimate of drug-likeness (QED) is 0.834. The van der Waals surface area contributed by atoms with Gasteiger partial charge in [-0.2, -0.15) is 4.58 Å². The van der Waals surface area contributed by atoms with Crippen LogP contribution in [0.5, 0.6) is 0 Å². The smallest absolute Gasteiger partial charge is 0.208 e. The highest BCUT2D eigenvalue weighted by atomic mass is 16.3. The summed E-state index contributed by atoms with van der Waals surface area (Å²) in [5, 5.41) is 9.44.